The Balaban J connectivity index is 2.56. The van der Waals surface area contributed by atoms with Crippen molar-refractivity contribution in [1.82, 2.24) is 0 Å². The van der Waals surface area contributed by atoms with E-state index in [2.05, 4.69) is 0 Å². The first-order valence-corrected chi connectivity index (χ1v) is 6.29. The summed E-state index contributed by atoms with van der Waals surface area (Å²) in [6.45, 7) is 0. The topological polar surface area (TPSA) is 37.3 Å². The third kappa shape index (κ3) is 2.80. The van der Waals surface area contributed by atoms with Crippen molar-refractivity contribution in [3.63, 3.8) is 0 Å². The van der Waals surface area contributed by atoms with Crippen LogP contribution in [0.25, 0.3) is 0 Å². The highest BCUT2D eigenvalue weighted by Gasteiger charge is 2.60. The molecule has 0 radical (unpaired) electrons. The molecule has 21 heavy (non-hydrogen) atoms. The van der Waals surface area contributed by atoms with Crippen molar-refractivity contribution in [2.45, 2.75) is 11.8 Å². The van der Waals surface area contributed by atoms with E-state index in [1.807, 2.05) is 0 Å². The summed E-state index contributed by atoms with van der Waals surface area (Å²) in [7, 11) is 0. The van der Waals surface area contributed by atoms with E-state index in [-0.39, 0.29) is 10.6 Å². The second kappa shape index (κ2) is 5.50. The van der Waals surface area contributed by atoms with Gasteiger partial charge in [-0.15, -0.1) is 0 Å². The molecule has 0 bridgehead atoms. The Morgan fingerprint density at radius 1 is 0.952 bits per heavy atom. The molecule has 2 rings (SSSR count). The van der Waals surface area contributed by atoms with E-state index in [0.717, 1.165) is 24.3 Å². The molecule has 1 N–H and O–H groups in total. The van der Waals surface area contributed by atoms with Gasteiger partial charge in [0, 0.05) is 16.1 Å². The van der Waals surface area contributed by atoms with Crippen molar-refractivity contribution in [1.29, 1.82) is 0 Å². The molecule has 2 nitrogen and oxygen atoms in total. The Kier molecular flexibility index (Phi) is 4.07. The van der Waals surface area contributed by atoms with Gasteiger partial charge in [0.15, 0.2) is 0 Å². The smallest absolute Gasteiger partial charge is 0.370 e. The maximum absolute atomic E-state index is 13.3. The van der Waals surface area contributed by atoms with Crippen molar-refractivity contribution >= 4 is 17.4 Å². The zero-order valence-corrected chi connectivity index (χ0v) is 11.3. The zero-order chi connectivity index (χ0) is 15.7. The van der Waals surface area contributed by atoms with Crippen LogP contribution in [0.15, 0.2) is 54.6 Å². The van der Waals surface area contributed by atoms with Gasteiger partial charge < -0.3 is 5.11 Å². The molecule has 0 heterocycles. The molecule has 1 unspecified atom stereocenters. The number of benzene rings is 2. The van der Waals surface area contributed by atoms with Crippen molar-refractivity contribution < 1.29 is 23.1 Å². The Labute approximate surface area is 123 Å². The average Bonchev–Trinajstić information content (AvgIpc) is 2.46. The van der Waals surface area contributed by atoms with E-state index >= 15 is 0 Å². The second-order valence-electron chi connectivity index (χ2n) is 4.41. The molecule has 0 spiro atoms. The van der Waals surface area contributed by atoms with Crippen molar-refractivity contribution in [3.8, 4) is 0 Å². The Hall–Kier alpha value is -1.85. The van der Waals surface area contributed by atoms with Crippen LogP contribution in [0, 0.1) is 0 Å². The minimum Gasteiger partial charge on any atom is -0.370 e. The lowest BCUT2D eigenvalue weighted by atomic mass is 9.85. The Morgan fingerprint density at radius 2 is 1.48 bits per heavy atom. The molecule has 0 saturated carbocycles. The molecular formula is C15H10ClF3O2. The molecule has 110 valence electrons. The van der Waals surface area contributed by atoms with E-state index in [0.29, 0.717) is 0 Å². The fourth-order valence-corrected chi connectivity index (χ4v) is 2.04. The highest BCUT2D eigenvalue weighted by atomic mass is 35.5. The molecule has 6 heteroatoms. The van der Waals surface area contributed by atoms with Gasteiger partial charge in [-0.05, 0) is 24.3 Å². The molecular weight excluding hydrogens is 305 g/mol. The summed E-state index contributed by atoms with van der Waals surface area (Å²) in [6, 6.07) is 11.1. The van der Waals surface area contributed by atoms with Gasteiger partial charge in [0.2, 0.25) is 11.4 Å². The highest BCUT2D eigenvalue weighted by molar-refractivity contribution is 6.30. The molecule has 0 amide bonds. The number of alkyl halides is 3. The van der Waals surface area contributed by atoms with Gasteiger partial charge in [0.1, 0.15) is 0 Å². The van der Waals surface area contributed by atoms with Crippen molar-refractivity contribution in [3.05, 3.63) is 70.7 Å². The Bertz CT molecular complexity index is 638. The molecule has 0 aromatic heterocycles. The summed E-state index contributed by atoms with van der Waals surface area (Å²) in [5.74, 6) is -1.45. The predicted molar refractivity (Wildman–Crippen MR) is 72.2 cm³/mol. The van der Waals surface area contributed by atoms with Crippen LogP contribution in [0.4, 0.5) is 13.2 Å². The number of hydrogen-bond acceptors (Lipinski definition) is 2. The largest absolute Gasteiger partial charge is 0.429 e. The lowest BCUT2D eigenvalue weighted by Gasteiger charge is -2.29. The molecule has 0 fully saturated rings. The van der Waals surface area contributed by atoms with Gasteiger partial charge in [-0.25, -0.2) is 0 Å². The number of rotatable bonds is 3. The summed E-state index contributed by atoms with van der Waals surface area (Å²) in [5.41, 5.74) is -4.40. The van der Waals surface area contributed by atoms with E-state index in [4.69, 9.17) is 11.6 Å². The first kappa shape index (κ1) is 15.5. The molecule has 2 aromatic rings. The van der Waals surface area contributed by atoms with Crippen molar-refractivity contribution in [2.24, 2.45) is 0 Å². The fraction of sp³-hybridized carbons (Fsp3) is 0.133. The van der Waals surface area contributed by atoms with Crippen LogP contribution in [-0.4, -0.2) is 17.1 Å². The molecule has 0 aliphatic carbocycles. The second-order valence-corrected chi connectivity index (χ2v) is 4.85. The maximum atomic E-state index is 13.3. The summed E-state index contributed by atoms with van der Waals surface area (Å²) in [6.07, 6.45) is -5.15. The monoisotopic (exact) mass is 314 g/mol. The predicted octanol–water partition coefficient (Wildman–Crippen LogP) is 3.97. The molecule has 0 aliphatic heterocycles. The maximum Gasteiger partial charge on any atom is 0.429 e. The average molecular weight is 315 g/mol. The van der Waals surface area contributed by atoms with Crippen LogP contribution < -0.4 is 0 Å². The number of hydrogen-bond donors (Lipinski definition) is 1. The normalized spacial score (nSPS) is 14.5. The molecule has 0 aliphatic rings. The minimum atomic E-state index is -5.15. The van der Waals surface area contributed by atoms with Crippen molar-refractivity contribution in [2.75, 3.05) is 0 Å². The number of carbonyl (C=O) groups is 1. The number of aliphatic hydroxyl groups is 1. The van der Waals surface area contributed by atoms with Crippen LogP contribution in [0.3, 0.4) is 0 Å². The number of ketones is 1. The van der Waals surface area contributed by atoms with Gasteiger partial charge >= 0.3 is 6.18 Å². The highest BCUT2D eigenvalue weighted by Crippen LogP contribution is 2.41. The molecule has 2 aromatic carbocycles. The first-order chi connectivity index (χ1) is 9.76. The summed E-state index contributed by atoms with van der Waals surface area (Å²) < 4.78 is 39.9. The standard InChI is InChI=1S/C15H10ClF3O2/c16-12-8-6-10(7-9-12)13(20)14(21,15(17,18)19)11-4-2-1-3-5-11/h1-9,21H. The van der Waals surface area contributed by atoms with E-state index < -0.39 is 23.1 Å². The van der Waals surface area contributed by atoms with Gasteiger partial charge in [-0.2, -0.15) is 13.2 Å². The van der Waals surface area contributed by atoms with E-state index in [1.165, 1.54) is 30.3 Å². The first-order valence-electron chi connectivity index (χ1n) is 5.92. The van der Waals surface area contributed by atoms with Gasteiger partial charge in [0.25, 0.3) is 0 Å². The van der Waals surface area contributed by atoms with Crippen LogP contribution in [-0.2, 0) is 5.60 Å². The van der Waals surface area contributed by atoms with E-state index in [1.54, 1.807) is 0 Å². The minimum absolute atomic E-state index is 0.275. The number of carbonyl (C=O) groups excluding carboxylic acids is 1. The van der Waals surface area contributed by atoms with Crippen LogP contribution in [0.2, 0.25) is 5.02 Å². The van der Waals surface area contributed by atoms with Gasteiger partial charge in [-0.3, -0.25) is 4.79 Å². The van der Waals surface area contributed by atoms with Crippen LogP contribution in [0.5, 0.6) is 0 Å². The lowest BCUT2D eigenvalue weighted by Crippen LogP contribution is -2.49. The van der Waals surface area contributed by atoms with Gasteiger partial charge in [-0.1, -0.05) is 41.9 Å². The lowest BCUT2D eigenvalue weighted by molar-refractivity contribution is -0.242. The fourth-order valence-electron chi connectivity index (χ4n) is 1.91. The Morgan fingerprint density at radius 3 is 1.95 bits per heavy atom. The van der Waals surface area contributed by atoms with Crippen LogP contribution >= 0.6 is 11.6 Å². The molecule has 1 atom stereocenters. The summed E-state index contributed by atoms with van der Waals surface area (Å²) >= 11 is 5.64. The van der Waals surface area contributed by atoms with E-state index in [9.17, 15) is 23.1 Å². The quantitative estimate of drug-likeness (QED) is 0.870. The van der Waals surface area contributed by atoms with Crippen LogP contribution in [0.1, 0.15) is 15.9 Å². The number of halogens is 4. The summed E-state index contributed by atoms with van der Waals surface area (Å²) in [5, 5.41) is 10.4. The summed E-state index contributed by atoms with van der Waals surface area (Å²) in [4.78, 5) is 12.2. The molecule has 0 saturated heterocycles. The SMILES string of the molecule is O=C(c1ccc(Cl)cc1)C(O)(c1ccccc1)C(F)(F)F. The zero-order valence-electron chi connectivity index (χ0n) is 10.6. The third-order valence-electron chi connectivity index (χ3n) is 3.04. The third-order valence-corrected chi connectivity index (χ3v) is 3.29. The van der Waals surface area contributed by atoms with Gasteiger partial charge in [0.05, 0.1) is 0 Å². The number of Topliss-reactive ketones (excluding diaryl/α,β-unsaturated/α-hetero) is 1.